The van der Waals surface area contributed by atoms with Gasteiger partial charge in [-0.2, -0.15) is 0 Å². The maximum Gasteiger partial charge on any atom is 0.0577 e. The van der Waals surface area contributed by atoms with Gasteiger partial charge < -0.3 is 5.32 Å². The highest BCUT2D eigenvalue weighted by Gasteiger charge is 2.16. The molecule has 1 aromatic carbocycles. The van der Waals surface area contributed by atoms with Crippen LogP contribution in [0.25, 0.3) is 0 Å². The van der Waals surface area contributed by atoms with Crippen LogP contribution in [0, 0.1) is 0 Å². The SMILES string of the molecule is CCNC(c1ccncc1)c1ccc(C(C)(C)C)cc1. The Balaban J connectivity index is 2.31. The number of aromatic nitrogens is 1. The van der Waals surface area contributed by atoms with Crippen molar-refractivity contribution in [3.8, 4) is 0 Å². The van der Waals surface area contributed by atoms with Crippen LogP contribution in [0.5, 0.6) is 0 Å². The Morgan fingerprint density at radius 3 is 2.00 bits per heavy atom. The molecule has 0 saturated carbocycles. The average molecular weight is 268 g/mol. The molecule has 20 heavy (non-hydrogen) atoms. The molecule has 2 rings (SSSR count). The fraction of sp³-hybridized carbons (Fsp3) is 0.389. The second-order valence-corrected chi connectivity index (χ2v) is 6.14. The highest BCUT2D eigenvalue weighted by atomic mass is 14.9. The van der Waals surface area contributed by atoms with E-state index in [2.05, 4.69) is 74.4 Å². The van der Waals surface area contributed by atoms with Crippen LogP contribution in [-0.2, 0) is 5.41 Å². The van der Waals surface area contributed by atoms with E-state index >= 15 is 0 Å². The predicted molar refractivity (Wildman–Crippen MR) is 84.9 cm³/mol. The molecule has 2 nitrogen and oxygen atoms in total. The number of hydrogen-bond acceptors (Lipinski definition) is 2. The smallest absolute Gasteiger partial charge is 0.0577 e. The first-order chi connectivity index (χ1) is 9.52. The largest absolute Gasteiger partial charge is 0.307 e. The summed E-state index contributed by atoms with van der Waals surface area (Å²) in [5.41, 5.74) is 4.12. The summed E-state index contributed by atoms with van der Waals surface area (Å²) in [7, 11) is 0. The van der Waals surface area contributed by atoms with E-state index in [1.54, 1.807) is 0 Å². The highest BCUT2D eigenvalue weighted by Crippen LogP contribution is 2.26. The van der Waals surface area contributed by atoms with Gasteiger partial charge in [0.15, 0.2) is 0 Å². The van der Waals surface area contributed by atoms with Crippen LogP contribution in [0.4, 0.5) is 0 Å². The molecule has 0 aliphatic carbocycles. The van der Waals surface area contributed by atoms with E-state index in [-0.39, 0.29) is 11.5 Å². The van der Waals surface area contributed by atoms with Crippen molar-refractivity contribution in [2.45, 2.75) is 39.2 Å². The molecule has 1 heterocycles. The minimum absolute atomic E-state index is 0.197. The summed E-state index contributed by atoms with van der Waals surface area (Å²) >= 11 is 0. The summed E-state index contributed by atoms with van der Waals surface area (Å²) in [6, 6.07) is 13.3. The third kappa shape index (κ3) is 3.45. The molecule has 0 aliphatic heterocycles. The topological polar surface area (TPSA) is 24.9 Å². The summed E-state index contributed by atoms with van der Waals surface area (Å²) in [6.07, 6.45) is 3.70. The molecule has 0 aliphatic rings. The third-order valence-corrected chi connectivity index (χ3v) is 3.56. The summed E-state index contributed by atoms with van der Waals surface area (Å²) in [4.78, 5) is 4.10. The van der Waals surface area contributed by atoms with Crippen LogP contribution in [0.15, 0.2) is 48.8 Å². The number of pyridine rings is 1. The molecule has 1 N–H and O–H groups in total. The number of nitrogens with one attached hydrogen (secondary N) is 1. The second kappa shape index (κ2) is 6.19. The number of nitrogens with zero attached hydrogens (tertiary/aromatic N) is 1. The fourth-order valence-electron chi connectivity index (χ4n) is 2.36. The molecule has 1 atom stereocenters. The van der Waals surface area contributed by atoms with Gasteiger partial charge in [-0.05, 0) is 40.8 Å². The van der Waals surface area contributed by atoms with E-state index in [1.165, 1.54) is 16.7 Å². The Morgan fingerprint density at radius 2 is 1.50 bits per heavy atom. The first-order valence-electron chi connectivity index (χ1n) is 7.26. The van der Waals surface area contributed by atoms with E-state index in [1.807, 2.05) is 12.4 Å². The van der Waals surface area contributed by atoms with Gasteiger partial charge in [-0.25, -0.2) is 0 Å². The summed E-state index contributed by atoms with van der Waals surface area (Å²) in [6.45, 7) is 9.80. The molecule has 0 bridgehead atoms. The van der Waals surface area contributed by atoms with Gasteiger partial charge in [-0.1, -0.05) is 52.0 Å². The van der Waals surface area contributed by atoms with E-state index in [4.69, 9.17) is 0 Å². The van der Waals surface area contributed by atoms with Gasteiger partial charge in [0.1, 0.15) is 0 Å². The zero-order valence-electron chi connectivity index (χ0n) is 12.9. The lowest BCUT2D eigenvalue weighted by Crippen LogP contribution is -2.22. The van der Waals surface area contributed by atoms with Gasteiger partial charge in [-0.15, -0.1) is 0 Å². The van der Waals surface area contributed by atoms with E-state index in [0.29, 0.717) is 0 Å². The molecule has 1 aromatic heterocycles. The van der Waals surface area contributed by atoms with Crippen molar-refractivity contribution in [1.82, 2.24) is 10.3 Å². The molecular formula is C18H24N2. The molecule has 2 heteroatoms. The molecular weight excluding hydrogens is 244 g/mol. The number of rotatable bonds is 4. The van der Waals surface area contributed by atoms with Gasteiger partial charge in [0.25, 0.3) is 0 Å². The monoisotopic (exact) mass is 268 g/mol. The minimum Gasteiger partial charge on any atom is -0.307 e. The Kier molecular flexibility index (Phi) is 4.56. The zero-order chi connectivity index (χ0) is 14.6. The van der Waals surface area contributed by atoms with E-state index in [0.717, 1.165) is 6.54 Å². The Bertz CT molecular complexity index is 524. The second-order valence-electron chi connectivity index (χ2n) is 6.14. The summed E-state index contributed by atoms with van der Waals surface area (Å²) in [5, 5.41) is 3.55. The van der Waals surface area contributed by atoms with Crippen LogP contribution in [0.2, 0.25) is 0 Å². The molecule has 0 saturated heterocycles. The van der Waals surface area contributed by atoms with Crippen molar-refractivity contribution in [1.29, 1.82) is 0 Å². The normalized spacial score (nSPS) is 13.2. The van der Waals surface area contributed by atoms with Crippen LogP contribution in [-0.4, -0.2) is 11.5 Å². The van der Waals surface area contributed by atoms with Crippen molar-refractivity contribution in [3.05, 3.63) is 65.5 Å². The third-order valence-electron chi connectivity index (χ3n) is 3.56. The zero-order valence-corrected chi connectivity index (χ0v) is 12.9. The summed E-state index contributed by atoms with van der Waals surface area (Å²) < 4.78 is 0. The van der Waals surface area contributed by atoms with Gasteiger partial charge in [0.05, 0.1) is 6.04 Å². The minimum atomic E-state index is 0.197. The molecule has 0 spiro atoms. The molecule has 0 radical (unpaired) electrons. The molecule has 0 amide bonds. The van der Waals surface area contributed by atoms with Crippen molar-refractivity contribution >= 4 is 0 Å². The maximum absolute atomic E-state index is 4.10. The van der Waals surface area contributed by atoms with Crippen LogP contribution < -0.4 is 5.32 Å². The van der Waals surface area contributed by atoms with Gasteiger partial charge in [0.2, 0.25) is 0 Å². The summed E-state index contributed by atoms with van der Waals surface area (Å²) in [5.74, 6) is 0. The molecule has 2 aromatic rings. The average Bonchev–Trinajstić information content (AvgIpc) is 2.45. The Hall–Kier alpha value is -1.67. The molecule has 1 unspecified atom stereocenters. The van der Waals surface area contributed by atoms with E-state index in [9.17, 15) is 0 Å². The fourth-order valence-corrected chi connectivity index (χ4v) is 2.36. The molecule has 106 valence electrons. The van der Waals surface area contributed by atoms with Gasteiger partial charge in [0, 0.05) is 12.4 Å². The van der Waals surface area contributed by atoms with Gasteiger partial charge >= 0.3 is 0 Å². The lowest BCUT2D eigenvalue weighted by molar-refractivity contribution is 0.587. The number of benzene rings is 1. The lowest BCUT2D eigenvalue weighted by atomic mass is 9.86. The Morgan fingerprint density at radius 1 is 0.950 bits per heavy atom. The quantitative estimate of drug-likeness (QED) is 0.904. The Labute approximate surface area is 122 Å². The van der Waals surface area contributed by atoms with Crippen molar-refractivity contribution in [3.63, 3.8) is 0 Å². The van der Waals surface area contributed by atoms with Crippen LogP contribution >= 0.6 is 0 Å². The van der Waals surface area contributed by atoms with Crippen molar-refractivity contribution in [2.75, 3.05) is 6.54 Å². The van der Waals surface area contributed by atoms with Crippen LogP contribution in [0.3, 0.4) is 0 Å². The highest BCUT2D eigenvalue weighted by molar-refractivity contribution is 5.34. The lowest BCUT2D eigenvalue weighted by Gasteiger charge is -2.22. The maximum atomic E-state index is 4.10. The van der Waals surface area contributed by atoms with Gasteiger partial charge in [-0.3, -0.25) is 4.98 Å². The first kappa shape index (κ1) is 14.7. The molecule has 0 fully saturated rings. The predicted octanol–water partition coefficient (Wildman–Crippen LogP) is 4.08. The van der Waals surface area contributed by atoms with Crippen LogP contribution in [0.1, 0.15) is 50.4 Å². The first-order valence-corrected chi connectivity index (χ1v) is 7.26. The number of hydrogen-bond donors (Lipinski definition) is 1. The van der Waals surface area contributed by atoms with E-state index < -0.39 is 0 Å². The standard InChI is InChI=1S/C18H24N2/c1-5-20-17(15-10-12-19-13-11-15)14-6-8-16(9-7-14)18(2,3)4/h6-13,17,20H,5H2,1-4H3. The van der Waals surface area contributed by atoms with Crippen molar-refractivity contribution < 1.29 is 0 Å². The van der Waals surface area contributed by atoms with Crippen molar-refractivity contribution in [2.24, 2.45) is 0 Å².